The molecule has 1 aliphatic rings. The van der Waals surface area contributed by atoms with Crippen LogP contribution in [-0.2, 0) is 9.59 Å². The molecule has 0 radical (unpaired) electrons. The van der Waals surface area contributed by atoms with Crippen LogP contribution < -0.4 is 10.1 Å². The largest absolute Gasteiger partial charge is 0.494 e. The van der Waals surface area contributed by atoms with Crippen molar-refractivity contribution < 1.29 is 19.2 Å². The van der Waals surface area contributed by atoms with Crippen LogP contribution in [0.4, 0.5) is 17.1 Å². The molecular weight excluding hydrogens is 456 g/mol. The number of amides is 2. The Hall–Kier alpha value is -3.40. The van der Waals surface area contributed by atoms with Gasteiger partial charge in [-0.2, -0.15) is 0 Å². The molecule has 1 unspecified atom stereocenters. The van der Waals surface area contributed by atoms with Crippen molar-refractivity contribution in [1.29, 1.82) is 0 Å². The highest BCUT2D eigenvalue weighted by Gasteiger charge is 2.39. The third-order valence-electron chi connectivity index (χ3n) is 5.32. The summed E-state index contributed by atoms with van der Waals surface area (Å²) in [5.74, 6) is -0.153. The number of ether oxygens (including phenoxy) is 1. The van der Waals surface area contributed by atoms with Gasteiger partial charge in [0.1, 0.15) is 11.0 Å². The Morgan fingerprint density at radius 3 is 2.59 bits per heavy atom. The molecule has 0 aliphatic carbocycles. The number of anilines is 1. The smallest absolute Gasteiger partial charge is 0.273 e. The summed E-state index contributed by atoms with van der Waals surface area (Å²) < 4.78 is 5.17. The molecule has 9 nitrogen and oxygen atoms in total. The molecule has 10 heteroatoms. The van der Waals surface area contributed by atoms with E-state index in [1.165, 1.54) is 37.1 Å². The number of non-ortho nitro benzene ring substituents is 1. The fourth-order valence-electron chi connectivity index (χ4n) is 3.43. The predicted octanol–water partition coefficient (Wildman–Crippen LogP) is 4.84. The third kappa shape index (κ3) is 5.93. The number of rotatable bonds is 8. The maximum Gasteiger partial charge on any atom is 0.273 e. The van der Waals surface area contributed by atoms with E-state index in [4.69, 9.17) is 9.73 Å². The number of nitro benzene ring substituents is 1. The van der Waals surface area contributed by atoms with Gasteiger partial charge >= 0.3 is 0 Å². The molecule has 34 heavy (non-hydrogen) atoms. The van der Waals surface area contributed by atoms with E-state index in [0.717, 1.165) is 16.8 Å². The van der Waals surface area contributed by atoms with E-state index in [0.29, 0.717) is 17.4 Å². The molecule has 1 saturated heterocycles. The van der Waals surface area contributed by atoms with Crippen molar-refractivity contribution in [3.8, 4) is 5.75 Å². The zero-order valence-corrected chi connectivity index (χ0v) is 20.6. The molecule has 2 aromatic rings. The van der Waals surface area contributed by atoms with Gasteiger partial charge in [0.25, 0.3) is 5.69 Å². The molecule has 1 fully saturated rings. The minimum atomic E-state index is -0.618. The van der Waals surface area contributed by atoms with Gasteiger partial charge in [0, 0.05) is 19.0 Å². The van der Waals surface area contributed by atoms with E-state index in [1.54, 1.807) is 4.90 Å². The minimum Gasteiger partial charge on any atom is -0.494 e. The van der Waals surface area contributed by atoms with Crippen molar-refractivity contribution >= 4 is 45.8 Å². The van der Waals surface area contributed by atoms with Crippen LogP contribution in [-0.4, -0.2) is 45.7 Å². The summed E-state index contributed by atoms with van der Waals surface area (Å²) in [4.78, 5) is 42.7. The van der Waals surface area contributed by atoms with E-state index >= 15 is 0 Å². The summed E-state index contributed by atoms with van der Waals surface area (Å²) in [7, 11) is 1.37. The predicted molar refractivity (Wildman–Crippen MR) is 134 cm³/mol. The lowest BCUT2D eigenvalue weighted by molar-refractivity contribution is -0.384. The first kappa shape index (κ1) is 25.2. The van der Waals surface area contributed by atoms with Crippen LogP contribution in [0.1, 0.15) is 31.4 Å². The van der Waals surface area contributed by atoms with Crippen LogP contribution in [0.3, 0.4) is 0 Å². The van der Waals surface area contributed by atoms with E-state index in [-0.39, 0.29) is 29.7 Å². The second-order valence-electron chi connectivity index (χ2n) is 8.51. The van der Waals surface area contributed by atoms with E-state index < -0.39 is 16.1 Å². The Morgan fingerprint density at radius 2 is 1.97 bits per heavy atom. The standard InChI is InChI=1S/C24H28N4O5S/c1-14(2)13-27-23(30)21(34-24(27)25-17-7-6-15(3)16(4)10-17)12-22(29)26-19-9-8-18(28(31)32)11-20(19)33-5/h6-11,14,21H,12-13H2,1-5H3,(H,26,29). The fraction of sp³-hybridized carbons (Fsp3) is 0.375. The minimum absolute atomic E-state index is 0.0653. The fourth-order valence-corrected chi connectivity index (χ4v) is 4.60. The molecule has 2 aromatic carbocycles. The van der Waals surface area contributed by atoms with Crippen molar-refractivity contribution in [2.75, 3.05) is 19.0 Å². The molecular formula is C24H28N4O5S. The maximum atomic E-state index is 13.1. The van der Waals surface area contributed by atoms with Gasteiger partial charge in [-0.3, -0.25) is 24.6 Å². The highest BCUT2D eigenvalue weighted by molar-refractivity contribution is 8.15. The van der Waals surface area contributed by atoms with Crippen molar-refractivity contribution in [2.24, 2.45) is 10.9 Å². The number of thioether (sulfide) groups is 1. The number of amidine groups is 1. The average molecular weight is 485 g/mol. The van der Waals surface area contributed by atoms with Gasteiger partial charge in [0.05, 0.1) is 29.5 Å². The summed E-state index contributed by atoms with van der Waals surface area (Å²) in [5, 5.41) is 13.6. The number of carbonyl (C=O) groups excluding carboxylic acids is 2. The van der Waals surface area contributed by atoms with Crippen LogP contribution in [0.2, 0.25) is 0 Å². The first-order valence-corrected chi connectivity index (χ1v) is 11.7. The Labute approximate surface area is 202 Å². The zero-order valence-electron chi connectivity index (χ0n) is 19.8. The number of aliphatic imine (C=N–C) groups is 1. The number of methoxy groups -OCH3 is 1. The van der Waals surface area contributed by atoms with Crippen LogP contribution in [0.15, 0.2) is 41.4 Å². The number of nitrogens with one attached hydrogen (secondary N) is 1. The van der Waals surface area contributed by atoms with Crippen molar-refractivity contribution in [3.05, 3.63) is 57.6 Å². The van der Waals surface area contributed by atoms with Gasteiger partial charge in [0.15, 0.2) is 5.17 Å². The summed E-state index contributed by atoms with van der Waals surface area (Å²) in [6.45, 7) is 8.58. The van der Waals surface area contributed by atoms with E-state index in [1.807, 2.05) is 45.9 Å². The number of hydrogen-bond acceptors (Lipinski definition) is 7. The summed E-state index contributed by atoms with van der Waals surface area (Å²) >= 11 is 1.27. The highest BCUT2D eigenvalue weighted by atomic mass is 32.2. The molecule has 1 aliphatic heterocycles. The lowest BCUT2D eigenvalue weighted by Gasteiger charge is -2.18. The average Bonchev–Trinajstić information content (AvgIpc) is 3.04. The summed E-state index contributed by atoms with van der Waals surface area (Å²) in [5.41, 5.74) is 3.19. The molecule has 1 heterocycles. The molecule has 2 amide bonds. The number of nitrogens with zero attached hydrogens (tertiary/aromatic N) is 3. The first-order chi connectivity index (χ1) is 16.1. The van der Waals surface area contributed by atoms with Crippen LogP contribution in [0, 0.1) is 29.9 Å². The number of nitro groups is 1. The summed E-state index contributed by atoms with van der Waals surface area (Å²) in [6.07, 6.45) is -0.0653. The molecule has 0 spiro atoms. The van der Waals surface area contributed by atoms with Crippen LogP contribution in [0.5, 0.6) is 5.75 Å². The molecule has 0 bridgehead atoms. The quantitative estimate of drug-likeness (QED) is 0.424. The number of aryl methyl sites for hydroxylation is 2. The normalized spacial score (nSPS) is 16.9. The molecule has 180 valence electrons. The van der Waals surface area contributed by atoms with Gasteiger partial charge in [0.2, 0.25) is 11.8 Å². The maximum absolute atomic E-state index is 13.1. The summed E-state index contributed by atoms with van der Waals surface area (Å²) in [6, 6.07) is 9.81. The van der Waals surface area contributed by atoms with Gasteiger partial charge in [-0.1, -0.05) is 31.7 Å². The molecule has 1 atom stereocenters. The Bertz CT molecular complexity index is 1150. The number of carbonyl (C=O) groups is 2. The first-order valence-electron chi connectivity index (χ1n) is 10.8. The lowest BCUT2D eigenvalue weighted by atomic mass is 10.1. The topological polar surface area (TPSA) is 114 Å². The number of benzene rings is 2. The Morgan fingerprint density at radius 1 is 1.24 bits per heavy atom. The molecule has 3 rings (SSSR count). The van der Waals surface area contributed by atoms with E-state index in [9.17, 15) is 19.7 Å². The van der Waals surface area contributed by atoms with Gasteiger partial charge < -0.3 is 10.1 Å². The molecule has 1 N–H and O–H groups in total. The van der Waals surface area contributed by atoms with Gasteiger partial charge in [-0.25, -0.2) is 4.99 Å². The van der Waals surface area contributed by atoms with Crippen LogP contribution >= 0.6 is 11.8 Å². The second kappa shape index (κ2) is 10.7. The van der Waals surface area contributed by atoms with Crippen molar-refractivity contribution in [3.63, 3.8) is 0 Å². The highest BCUT2D eigenvalue weighted by Crippen LogP contribution is 2.34. The number of hydrogen-bond donors (Lipinski definition) is 1. The second-order valence-corrected chi connectivity index (χ2v) is 9.68. The zero-order chi connectivity index (χ0) is 25.0. The third-order valence-corrected chi connectivity index (χ3v) is 6.50. The SMILES string of the molecule is COc1cc([N+](=O)[O-])ccc1NC(=O)CC1SC(=Nc2ccc(C)c(C)c2)N(CC(C)C)C1=O. The Kier molecular flexibility index (Phi) is 7.93. The molecule has 0 saturated carbocycles. The van der Waals surface area contributed by atoms with Gasteiger partial charge in [-0.05, 0) is 49.1 Å². The lowest BCUT2D eigenvalue weighted by Crippen LogP contribution is -2.36. The Balaban J connectivity index is 1.78. The van der Waals surface area contributed by atoms with Crippen molar-refractivity contribution in [1.82, 2.24) is 4.90 Å². The van der Waals surface area contributed by atoms with E-state index in [2.05, 4.69) is 5.32 Å². The molecule has 0 aromatic heterocycles. The van der Waals surface area contributed by atoms with Crippen LogP contribution in [0.25, 0.3) is 0 Å². The van der Waals surface area contributed by atoms with Crippen molar-refractivity contribution in [2.45, 2.75) is 39.4 Å². The monoisotopic (exact) mass is 484 g/mol. The van der Waals surface area contributed by atoms with Gasteiger partial charge in [-0.15, -0.1) is 0 Å².